The van der Waals surface area contributed by atoms with E-state index in [2.05, 4.69) is 5.32 Å². The molecule has 0 aliphatic heterocycles. The second kappa shape index (κ2) is 9.42. The molecule has 1 atom stereocenters. The summed E-state index contributed by atoms with van der Waals surface area (Å²) in [7, 11) is 6.33. The molecule has 0 spiro atoms. The highest BCUT2D eigenvalue weighted by molar-refractivity contribution is 8.12. The predicted molar refractivity (Wildman–Crippen MR) is 90.5 cm³/mol. The summed E-state index contributed by atoms with van der Waals surface area (Å²) < 4.78 is 15.9. The fourth-order valence-electron chi connectivity index (χ4n) is 2.05. The maximum absolute atomic E-state index is 12.1. The molecule has 0 saturated carbocycles. The van der Waals surface area contributed by atoms with Gasteiger partial charge in [-0.1, -0.05) is 11.8 Å². The van der Waals surface area contributed by atoms with E-state index in [9.17, 15) is 9.59 Å². The van der Waals surface area contributed by atoms with Gasteiger partial charge in [0, 0.05) is 29.9 Å². The summed E-state index contributed by atoms with van der Waals surface area (Å²) >= 11 is 1.13. The molecule has 0 aliphatic rings. The van der Waals surface area contributed by atoms with E-state index >= 15 is 0 Å². The molecular weight excluding hydrogens is 318 g/mol. The number of hydrogen-bond acceptors (Lipinski definition) is 7. The van der Waals surface area contributed by atoms with E-state index in [4.69, 9.17) is 14.2 Å². The third-order valence-electron chi connectivity index (χ3n) is 3.40. The van der Waals surface area contributed by atoms with E-state index in [1.807, 2.05) is 0 Å². The van der Waals surface area contributed by atoms with Crippen LogP contribution in [0.4, 0.5) is 0 Å². The highest BCUT2D eigenvalue weighted by Crippen LogP contribution is 2.36. The van der Waals surface area contributed by atoms with Crippen molar-refractivity contribution in [1.29, 1.82) is 0 Å². The van der Waals surface area contributed by atoms with Gasteiger partial charge < -0.3 is 19.5 Å². The SMILES string of the molecule is CN[C@@H](CC(=O)SCc1c(OC)cc(OC)cc1OC)C(C)=O. The largest absolute Gasteiger partial charge is 0.496 e. The van der Waals surface area contributed by atoms with Gasteiger partial charge in [0.05, 0.1) is 27.4 Å². The standard InChI is InChI=1S/C16H23NO5S/c1-10(18)13(17-2)8-16(19)23-9-12-14(21-4)6-11(20-3)7-15(12)22-5/h6-7,13,17H,8-9H2,1-5H3/t13-/m0/s1. The fourth-order valence-corrected chi connectivity index (χ4v) is 2.92. The summed E-state index contributed by atoms with van der Waals surface area (Å²) in [5.74, 6) is 2.15. The van der Waals surface area contributed by atoms with Gasteiger partial charge >= 0.3 is 0 Å². The monoisotopic (exact) mass is 341 g/mol. The van der Waals surface area contributed by atoms with Crippen LogP contribution in [0, 0.1) is 0 Å². The zero-order valence-electron chi connectivity index (χ0n) is 14.1. The lowest BCUT2D eigenvalue weighted by atomic mass is 10.1. The average Bonchev–Trinajstić information content (AvgIpc) is 2.56. The molecule has 128 valence electrons. The minimum atomic E-state index is -0.449. The zero-order valence-corrected chi connectivity index (χ0v) is 14.9. The van der Waals surface area contributed by atoms with Gasteiger partial charge in [-0.25, -0.2) is 0 Å². The van der Waals surface area contributed by atoms with Crippen LogP contribution in [0.5, 0.6) is 17.2 Å². The number of nitrogens with one attached hydrogen (secondary N) is 1. The molecule has 6 nitrogen and oxygen atoms in total. The van der Waals surface area contributed by atoms with Crippen LogP contribution < -0.4 is 19.5 Å². The van der Waals surface area contributed by atoms with Crippen LogP contribution in [0.1, 0.15) is 18.9 Å². The van der Waals surface area contributed by atoms with Crippen molar-refractivity contribution >= 4 is 22.7 Å². The van der Waals surface area contributed by atoms with Crippen molar-refractivity contribution in [3.63, 3.8) is 0 Å². The Bertz CT molecular complexity index is 536. The van der Waals surface area contributed by atoms with Crippen LogP contribution in [0.15, 0.2) is 12.1 Å². The highest BCUT2D eigenvalue weighted by Gasteiger charge is 2.19. The van der Waals surface area contributed by atoms with Crippen molar-refractivity contribution in [3.8, 4) is 17.2 Å². The number of likely N-dealkylation sites (N-methyl/N-ethyl adjacent to an activating group) is 1. The predicted octanol–water partition coefficient (Wildman–Crippen LogP) is 2.04. The first-order valence-corrected chi connectivity index (χ1v) is 8.07. The van der Waals surface area contributed by atoms with Crippen molar-refractivity contribution < 1.29 is 23.8 Å². The first-order valence-electron chi connectivity index (χ1n) is 7.09. The van der Waals surface area contributed by atoms with Crippen LogP contribution in [0.3, 0.4) is 0 Å². The lowest BCUT2D eigenvalue weighted by Crippen LogP contribution is -2.33. The summed E-state index contributed by atoms with van der Waals surface area (Å²) in [5, 5.41) is 2.77. The molecule has 23 heavy (non-hydrogen) atoms. The number of hydrogen-bond donors (Lipinski definition) is 1. The number of ketones is 1. The summed E-state index contributed by atoms with van der Waals surface area (Å²) in [6, 6.07) is 3.04. The number of thioether (sulfide) groups is 1. The van der Waals surface area contributed by atoms with E-state index in [1.165, 1.54) is 6.92 Å². The molecule has 1 N–H and O–H groups in total. The Morgan fingerprint density at radius 2 is 1.70 bits per heavy atom. The minimum absolute atomic E-state index is 0.0546. The van der Waals surface area contributed by atoms with Crippen LogP contribution in [0.25, 0.3) is 0 Å². The van der Waals surface area contributed by atoms with Gasteiger partial charge in [-0.15, -0.1) is 0 Å². The maximum Gasteiger partial charge on any atom is 0.191 e. The van der Waals surface area contributed by atoms with Crippen LogP contribution >= 0.6 is 11.8 Å². The number of ether oxygens (including phenoxy) is 3. The molecule has 0 aromatic heterocycles. The quantitative estimate of drug-likeness (QED) is 0.737. The van der Waals surface area contributed by atoms with Crippen LogP contribution in [-0.2, 0) is 15.3 Å². The second-order valence-corrected chi connectivity index (χ2v) is 5.86. The maximum atomic E-state index is 12.1. The topological polar surface area (TPSA) is 73.9 Å². The summed E-state index contributed by atoms with van der Waals surface area (Å²) in [6.45, 7) is 1.47. The highest BCUT2D eigenvalue weighted by atomic mass is 32.2. The molecule has 0 unspecified atom stereocenters. The summed E-state index contributed by atoms with van der Waals surface area (Å²) in [6.07, 6.45) is 0.150. The lowest BCUT2D eigenvalue weighted by Gasteiger charge is -2.15. The zero-order chi connectivity index (χ0) is 17.4. The summed E-state index contributed by atoms with van der Waals surface area (Å²) in [5.41, 5.74) is 0.776. The average molecular weight is 341 g/mol. The van der Waals surface area contributed by atoms with E-state index in [-0.39, 0.29) is 17.3 Å². The Hall–Kier alpha value is -1.73. The minimum Gasteiger partial charge on any atom is -0.496 e. The van der Waals surface area contributed by atoms with Gasteiger partial charge in [-0.3, -0.25) is 9.59 Å². The number of benzene rings is 1. The number of carbonyl (C=O) groups excluding carboxylic acids is 2. The van der Waals surface area contributed by atoms with E-state index in [0.29, 0.717) is 23.0 Å². The van der Waals surface area contributed by atoms with Crippen molar-refractivity contribution in [3.05, 3.63) is 17.7 Å². The molecule has 1 rings (SSSR count). The number of rotatable bonds is 9. The van der Waals surface area contributed by atoms with Crippen molar-refractivity contribution in [2.75, 3.05) is 28.4 Å². The van der Waals surface area contributed by atoms with Crippen molar-refractivity contribution in [1.82, 2.24) is 5.32 Å². The Morgan fingerprint density at radius 3 is 2.09 bits per heavy atom. The molecule has 0 fully saturated rings. The Kier molecular flexibility index (Phi) is 7.91. The Labute approximate surface area is 140 Å². The molecule has 0 bridgehead atoms. The summed E-state index contributed by atoms with van der Waals surface area (Å²) in [4.78, 5) is 23.5. The van der Waals surface area contributed by atoms with E-state index in [0.717, 1.165) is 17.3 Å². The van der Waals surface area contributed by atoms with Gasteiger partial charge in [-0.2, -0.15) is 0 Å². The lowest BCUT2D eigenvalue weighted by molar-refractivity contribution is -0.121. The van der Waals surface area contributed by atoms with Gasteiger partial charge in [0.15, 0.2) is 5.12 Å². The number of carbonyl (C=O) groups is 2. The first kappa shape index (κ1) is 19.3. The van der Waals surface area contributed by atoms with Gasteiger partial charge in [0.1, 0.15) is 23.0 Å². The molecule has 0 saturated heterocycles. The van der Waals surface area contributed by atoms with E-state index < -0.39 is 6.04 Å². The molecule has 0 aliphatic carbocycles. The van der Waals surface area contributed by atoms with Gasteiger partial charge in [0.25, 0.3) is 0 Å². The fraction of sp³-hybridized carbons (Fsp3) is 0.500. The third-order valence-corrected chi connectivity index (χ3v) is 4.33. The molecule has 0 heterocycles. The molecular formula is C16H23NO5S. The third kappa shape index (κ3) is 5.44. The van der Waals surface area contributed by atoms with Gasteiger partial charge in [0.2, 0.25) is 0 Å². The Balaban J connectivity index is 2.84. The second-order valence-electron chi connectivity index (χ2n) is 4.83. The first-order chi connectivity index (χ1) is 11.0. The van der Waals surface area contributed by atoms with Crippen LogP contribution in [-0.4, -0.2) is 45.3 Å². The molecule has 1 aromatic carbocycles. The van der Waals surface area contributed by atoms with Crippen molar-refractivity contribution in [2.45, 2.75) is 25.1 Å². The normalized spacial score (nSPS) is 11.7. The molecule has 7 heteroatoms. The smallest absolute Gasteiger partial charge is 0.191 e. The van der Waals surface area contributed by atoms with Crippen LogP contribution in [0.2, 0.25) is 0 Å². The number of methoxy groups -OCH3 is 3. The molecule has 1 aromatic rings. The molecule has 0 radical (unpaired) electrons. The number of Topliss-reactive ketones (excluding diaryl/α,β-unsaturated/α-hetero) is 1. The van der Waals surface area contributed by atoms with Gasteiger partial charge in [-0.05, 0) is 14.0 Å². The van der Waals surface area contributed by atoms with E-state index in [1.54, 1.807) is 40.5 Å². The molecule has 0 amide bonds. The van der Waals surface area contributed by atoms with Crippen molar-refractivity contribution in [2.24, 2.45) is 0 Å². The Morgan fingerprint density at radius 1 is 1.13 bits per heavy atom.